The first-order valence-corrected chi connectivity index (χ1v) is 11.4. The van der Waals surface area contributed by atoms with Gasteiger partial charge in [-0.1, -0.05) is 35.9 Å². The smallest absolute Gasteiger partial charge is 0.318 e. The lowest BCUT2D eigenvalue weighted by Crippen LogP contribution is -2.51. The summed E-state index contributed by atoms with van der Waals surface area (Å²) in [7, 11) is 1.48. The van der Waals surface area contributed by atoms with Gasteiger partial charge in [-0.3, -0.25) is 0 Å². The lowest BCUT2D eigenvalue weighted by Gasteiger charge is -2.34. The summed E-state index contributed by atoms with van der Waals surface area (Å²) in [5.41, 5.74) is 0.854. The van der Waals surface area contributed by atoms with Crippen molar-refractivity contribution in [2.45, 2.75) is 24.9 Å². The molecule has 3 heterocycles. The Balaban J connectivity index is 1.60. The molecule has 2 aliphatic heterocycles. The Labute approximate surface area is 195 Å². The van der Waals surface area contributed by atoms with Gasteiger partial charge in [0.05, 0.1) is 12.1 Å². The van der Waals surface area contributed by atoms with Crippen LogP contribution in [0.25, 0.3) is 32.8 Å². The van der Waals surface area contributed by atoms with Crippen LogP contribution in [0.1, 0.15) is 12.8 Å². The Morgan fingerprint density at radius 3 is 2.61 bits per heavy atom. The van der Waals surface area contributed by atoms with Crippen LogP contribution in [0.5, 0.6) is 11.8 Å². The average molecular weight is 465 g/mol. The first-order valence-electron chi connectivity index (χ1n) is 11.0. The minimum Gasteiger partial charge on any atom is -0.508 e. The number of fused-ring (bicyclic) bond motifs is 4. The number of benzene rings is 3. The van der Waals surface area contributed by atoms with E-state index >= 15 is 4.39 Å². The van der Waals surface area contributed by atoms with Crippen molar-refractivity contribution in [1.29, 1.82) is 0 Å². The van der Waals surface area contributed by atoms with E-state index in [4.69, 9.17) is 16.3 Å². The highest BCUT2D eigenvalue weighted by molar-refractivity contribution is 6.35. The Morgan fingerprint density at radius 1 is 1.09 bits per heavy atom. The quantitative estimate of drug-likeness (QED) is 0.449. The highest BCUT2D eigenvalue weighted by atomic mass is 35.5. The van der Waals surface area contributed by atoms with Gasteiger partial charge in [0, 0.05) is 36.1 Å². The standard InChI is InChI=1S/C25H22ClFN4O2/c1-33-25-29-23-19(24(30-25)31-11-14-6-7-15(12-31)28-14)10-20(26)21(22(23)27)18-9-16(32)8-13-4-2-3-5-17(13)18/h2-5,8-10,14-15,28,32H,6-7,11-12H2,1H3. The van der Waals surface area contributed by atoms with Crippen molar-refractivity contribution in [3.63, 3.8) is 0 Å². The van der Waals surface area contributed by atoms with E-state index < -0.39 is 5.82 Å². The maximum Gasteiger partial charge on any atom is 0.318 e. The number of aromatic nitrogens is 2. The zero-order valence-corrected chi connectivity index (χ0v) is 18.7. The average Bonchev–Trinajstić information content (AvgIpc) is 3.15. The number of nitrogens with zero attached hydrogens (tertiary/aromatic N) is 3. The van der Waals surface area contributed by atoms with Gasteiger partial charge < -0.3 is 20.1 Å². The van der Waals surface area contributed by atoms with Crippen molar-refractivity contribution in [3.05, 3.63) is 53.3 Å². The molecule has 0 amide bonds. The minimum absolute atomic E-state index is 0.0384. The number of nitrogens with one attached hydrogen (secondary N) is 1. The number of aromatic hydroxyl groups is 1. The van der Waals surface area contributed by atoms with Gasteiger partial charge in [0.1, 0.15) is 17.1 Å². The first-order chi connectivity index (χ1) is 16.0. The molecule has 168 valence electrons. The SMILES string of the molecule is COc1nc(N2CC3CCC(C2)N3)c2cc(Cl)c(-c3cc(O)cc4ccccc34)c(F)c2n1. The summed E-state index contributed by atoms with van der Waals surface area (Å²) >= 11 is 6.71. The van der Waals surface area contributed by atoms with Gasteiger partial charge in [-0.05, 0) is 47.4 Å². The van der Waals surface area contributed by atoms with E-state index in [0.29, 0.717) is 28.9 Å². The number of anilines is 1. The molecule has 1 aromatic heterocycles. The molecule has 33 heavy (non-hydrogen) atoms. The highest BCUT2D eigenvalue weighted by Crippen LogP contribution is 2.42. The lowest BCUT2D eigenvalue weighted by molar-refractivity contribution is 0.380. The fraction of sp³-hybridized carbons (Fsp3) is 0.280. The zero-order valence-electron chi connectivity index (χ0n) is 18.0. The van der Waals surface area contributed by atoms with Crippen molar-refractivity contribution in [3.8, 4) is 22.9 Å². The molecular weight excluding hydrogens is 443 g/mol. The summed E-state index contributed by atoms with van der Waals surface area (Å²) in [6, 6.07) is 13.3. The fourth-order valence-electron chi connectivity index (χ4n) is 5.21. The van der Waals surface area contributed by atoms with Crippen LogP contribution in [0.4, 0.5) is 10.2 Å². The zero-order chi connectivity index (χ0) is 22.7. The molecule has 2 N–H and O–H groups in total. The molecule has 0 spiro atoms. The van der Waals surface area contributed by atoms with Crippen LogP contribution in [0.3, 0.4) is 0 Å². The van der Waals surface area contributed by atoms with Crippen LogP contribution < -0.4 is 15.0 Å². The van der Waals surface area contributed by atoms with Crippen molar-refractivity contribution in [2.24, 2.45) is 0 Å². The van der Waals surface area contributed by atoms with Crippen LogP contribution in [-0.4, -0.2) is 47.4 Å². The number of methoxy groups -OCH3 is 1. The lowest BCUT2D eigenvalue weighted by atomic mass is 9.96. The number of hydrogen-bond acceptors (Lipinski definition) is 6. The summed E-state index contributed by atoms with van der Waals surface area (Å²) < 4.78 is 21.5. The molecule has 2 fully saturated rings. The van der Waals surface area contributed by atoms with E-state index in [2.05, 4.69) is 20.2 Å². The number of hydrogen-bond donors (Lipinski definition) is 2. The molecule has 6 rings (SSSR count). The molecule has 2 bridgehead atoms. The van der Waals surface area contributed by atoms with Crippen molar-refractivity contribution in [1.82, 2.24) is 15.3 Å². The second kappa shape index (κ2) is 7.71. The van der Waals surface area contributed by atoms with Crippen molar-refractivity contribution >= 4 is 39.1 Å². The molecule has 2 unspecified atom stereocenters. The molecule has 2 atom stereocenters. The molecule has 2 aliphatic rings. The summed E-state index contributed by atoms with van der Waals surface area (Å²) in [4.78, 5) is 11.1. The van der Waals surface area contributed by atoms with Gasteiger partial charge in [0.2, 0.25) is 0 Å². The molecule has 4 aromatic rings. The van der Waals surface area contributed by atoms with Gasteiger partial charge in [-0.25, -0.2) is 4.39 Å². The molecule has 2 saturated heterocycles. The molecule has 3 aromatic carbocycles. The summed E-state index contributed by atoms with van der Waals surface area (Å²) in [5.74, 6) is 0.105. The van der Waals surface area contributed by atoms with E-state index in [1.165, 1.54) is 13.2 Å². The third-order valence-electron chi connectivity index (χ3n) is 6.66. The van der Waals surface area contributed by atoms with Gasteiger partial charge in [0.15, 0.2) is 5.82 Å². The summed E-state index contributed by atoms with van der Waals surface area (Å²) in [6.07, 6.45) is 2.23. The number of phenolic OH excluding ortho intramolecular Hbond substituents is 1. The Kier molecular flexibility index (Phi) is 4.78. The Hall–Kier alpha value is -3.16. The number of phenols is 1. The van der Waals surface area contributed by atoms with E-state index in [1.54, 1.807) is 12.1 Å². The van der Waals surface area contributed by atoms with Crippen LogP contribution in [-0.2, 0) is 0 Å². The van der Waals surface area contributed by atoms with Crippen LogP contribution in [0.15, 0.2) is 42.5 Å². The van der Waals surface area contributed by atoms with Crippen LogP contribution in [0, 0.1) is 5.82 Å². The predicted octanol–water partition coefficient (Wildman–Crippen LogP) is 4.90. The van der Waals surface area contributed by atoms with E-state index in [0.717, 1.165) is 36.7 Å². The highest BCUT2D eigenvalue weighted by Gasteiger charge is 2.34. The molecule has 0 radical (unpaired) electrons. The summed E-state index contributed by atoms with van der Waals surface area (Å²) in [5, 5.41) is 16.3. The number of halogens is 2. The van der Waals surface area contributed by atoms with E-state index in [9.17, 15) is 5.11 Å². The first kappa shape index (κ1) is 20.4. The minimum atomic E-state index is -0.562. The molecule has 0 saturated carbocycles. The molecule has 8 heteroatoms. The van der Waals surface area contributed by atoms with E-state index in [1.807, 2.05) is 24.3 Å². The maximum absolute atomic E-state index is 16.2. The molecule has 0 aliphatic carbocycles. The second-order valence-corrected chi connectivity index (χ2v) is 9.14. The third kappa shape index (κ3) is 3.34. The Morgan fingerprint density at radius 2 is 1.85 bits per heavy atom. The molecule has 6 nitrogen and oxygen atoms in total. The predicted molar refractivity (Wildman–Crippen MR) is 128 cm³/mol. The Bertz CT molecular complexity index is 1400. The molecular formula is C25H22ClFN4O2. The fourth-order valence-corrected chi connectivity index (χ4v) is 5.50. The maximum atomic E-state index is 16.2. The van der Waals surface area contributed by atoms with Gasteiger partial charge in [0.25, 0.3) is 0 Å². The number of piperazine rings is 1. The van der Waals surface area contributed by atoms with Crippen LogP contribution in [0.2, 0.25) is 5.02 Å². The van der Waals surface area contributed by atoms with Crippen LogP contribution >= 0.6 is 11.6 Å². The monoisotopic (exact) mass is 464 g/mol. The van der Waals surface area contributed by atoms with Gasteiger partial charge >= 0.3 is 6.01 Å². The third-order valence-corrected chi connectivity index (χ3v) is 6.95. The number of rotatable bonds is 3. The topological polar surface area (TPSA) is 70.5 Å². The van der Waals surface area contributed by atoms with Gasteiger partial charge in [-0.2, -0.15) is 9.97 Å². The second-order valence-electron chi connectivity index (χ2n) is 8.73. The van der Waals surface area contributed by atoms with Gasteiger partial charge in [-0.15, -0.1) is 0 Å². The van der Waals surface area contributed by atoms with E-state index in [-0.39, 0.29) is 27.9 Å². The van der Waals surface area contributed by atoms with Crippen molar-refractivity contribution < 1.29 is 14.2 Å². The summed E-state index contributed by atoms with van der Waals surface area (Å²) in [6.45, 7) is 1.56. The largest absolute Gasteiger partial charge is 0.508 e. The van der Waals surface area contributed by atoms with Crippen molar-refractivity contribution in [2.75, 3.05) is 25.1 Å². The normalized spacial score (nSPS) is 20.0. The number of ether oxygens (including phenoxy) is 1.